The Morgan fingerprint density at radius 2 is 2.06 bits per heavy atom. The van der Waals surface area contributed by atoms with Crippen LogP contribution in [0.3, 0.4) is 0 Å². The van der Waals surface area contributed by atoms with Crippen LogP contribution in [0, 0.1) is 0 Å². The van der Waals surface area contributed by atoms with Gasteiger partial charge in [0.25, 0.3) is 12.3 Å². The molecule has 0 saturated heterocycles. The van der Waals surface area contributed by atoms with Gasteiger partial charge in [0.1, 0.15) is 17.1 Å². The van der Waals surface area contributed by atoms with Crippen molar-refractivity contribution >= 4 is 21.8 Å². The number of phenolic OH excluding ortho intramolecular Hbond substituents is 1. The van der Waals surface area contributed by atoms with Crippen molar-refractivity contribution in [1.82, 2.24) is 5.32 Å². The number of ether oxygens (including phenoxy) is 1. The van der Waals surface area contributed by atoms with Gasteiger partial charge in [-0.15, -0.1) is 0 Å². The molecule has 100 valence electrons. The molecule has 0 aliphatic rings. The number of phenols is 1. The smallest absolute Gasteiger partial charge is 0.287 e. The van der Waals surface area contributed by atoms with E-state index in [2.05, 4.69) is 15.9 Å². The number of hydrogen-bond donors (Lipinski definition) is 2. The van der Waals surface area contributed by atoms with E-state index in [0.29, 0.717) is 4.47 Å². The number of halogens is 4. The Bertz CT molecular complexity index is 456. The Hall–Kier alpha value is -1.44. The monoisotopic (exact) mass is 327 g/mol. The lowest BCUT2D eigenvalue weighted by Gasteiger charge is -2.13. The van der Waals surface area contributed by atoms with Gasteiger partial charge < -0.3 is 15.2 Å². The summed E-state index contributed by atoms with van der Waals surface area (Å²) in [6, 6.07) is 2.50. The highest BCUT2D eigenvalue weighted by atomic mass is 79.9. The molecule has 1 aromatic carbocycles. The number of amides is 1. The van der Waals surface area contributed by atoms with Crippen LogP contribution in [0.25, 0.3) is 0 Å². The van der Waals surface area contributed by atoms with Crippen molar-refractivity contribution < 1.29 is 27.8 Å². The molecule has 0 radical (unpaired) electrons. The Kier molecular flexibility index (Phi) is 4.83. The summed E-state index contributed by atoms with van der Waals surface area (Å²) in [7, 11) is 1.22. The van der Waals surface area contributed by atoms with E-state index in [1.54, 1.807) is 0 Å². The van der Waals surface area contributed by atoms with Crippen LogP contribution in [0.15, 0.2) is 16.6 Å². The molecule has 1 unspecified atom stereocenters. The maximum atomic E-state index is 12.7. The van der Waals surface area contributed by atoms with Crippen molar-refractivity contribution in [3.8, 4) is 11.5 Å². The highest BCUT2D eigenvalue weighted by molar-refractivity contribution is 9.10. The Balaban J connectivity index is 3.05. The lowest BCUT2D eigenvalue weighted by Crippen LogP contribution is -2.36. The molecule has 1 amide bonds. The maximum Gasteiger partial charge on any atom is 0.287 e. The number of aromatic hydroxyl groups is 1. The number of methoxy groups -OCH3 is 1. The third kappa shape index (κ3) is 3.28. The molecule has 0 fully saturated rings. The molecule has 1 atom stereocenters. The zero-order chi connectivity index (χ0) is 13.9. The predicted octanol–water partition coefficient (Wildman–Crippen LogP) is 2.45. The minimum absolute atomic E-state index is 0.0687. The molecule has 0 aromatic heterocycles. The van der Waals surface area contributed by atoms with Gasteiger partial charge in [-0.1, -0.05) is 15.9 Å². The van der Waals surface area contributed by atoms with Gasteiger partial charge in [0.05, 0.1) is 7.11 Å². The predicted molar refractivity (Wildman–Crippen MR) is 60.7 cm³/mol. The van der Waals surface area contributed by atoms with E-state index in [1.165, 1.54) is 18.5 Å². The number of rotatable bonds is 4. The molecule has 18 heavy (non-hydrogen) atoms. The fraction of sp³-hybridized carbons (Fsp3) is 0.300. The van der Waals surface area contributed by atoms with Crippen LogP contribution >= 0.6 is 15.9 Å². The lowest BCUT2D eigenvalue weighted by atomic mass is 10.1. The summed E-state index contributed by atoms with van der Waals surface area (Å²) in [4.78, 5) is 11.5. The van der Waals surface area contributed by atoms with E-state index in [4.69, 9.17) is 4.74 Å². The van der Waals surface area contributed by atoms with Crippen molar-refractivity contribution in [2.45, 2.75) is 12.7 Å². The van der Waals surface area contributed by atoms with Crippen LogP contribution in [-0.2, 0) is 0 Å². The van der Waals surface area contributed by atoms with Crippen LogP contribution in [0.4, 0.5) is 13.2 Å². The number of alkyl halides is 3. The van der Waals surface area contributed by atoms with Crippen molar-refractivity contribution in [3.05, 3.63) is 22.2 Å². The van der Waals surface area contributed by atoms with Crippen LogP contribution in [-0.4, -0.2) is 30.8 Å². The number of hydrogen-bond acceptors (Lipinski definition) is 3. The van der Waals surface area contributed by atoms with E-state index < -0.39 is 29.9 Å². The summed E-state index contributed by atoms with van der Waals surface area (Å²) in [5, 5.41) is 11.0. The lowest BCUT2D eigenvalue weighted by molar-refractivity contribution is 0.0285. The molecular weight excluding hydrogens is 319 g/mol. The summed E-state index contributed by atoms with van der Waals surface area (Å²) in [5.41, 5.74) is -0.413. The standard InChI is InChI=1S/C10H9BrF3NO3/c1-18-6-3-4(11)2-5(16)7(6)10(17)15-9(14)8(12)13/h2-3,8-9,16H,1H3,(H,15,17). The molecule has 4 nitrogen and oxygen atoms in total. The van der Waals surface area contributed by atoms with Crippen molar-refractivity contribution in [2.75, 3.05) is 7.11 Å². The largest absolute Gasteiger partial charge is 0.507 e. The topological polar surface area (TPSA) is 58.6 Å². The second-order valence-electron chi connectivity index (χ2n) is 3.21. The van der Waals surface area contributed by atoms with E-state index in [9.17, 15) is 23.1 Å². The van der Waals surface area contributed by atoms with Gasteiger partial charge in [-0.3, -0.25) is 4.79 Å². The Morgan fingerprint density at radius 3 is 2.56 bits per heavy atom. The molecule has 0 heterocycles. The first-order valence-electron chi connectivity index (χ1n) is 4.66. The van der Waals surface area contributed by atoms with Gasteiger partial charge >= 0.3 is 0 Å². The third-order valence-electron chi connectivity index (χ3n) is 1.98. The van der Waals surface area contributed by atoms with Gasteiger partial charge in [-0.2, -0.15) is 0 Å². The molecule has 0 aliphatic heterocycles. The minimum atomic E-state index is -3.35. The van der Waals surface area contributed by atoms with Crippen molar-refractivity contribution in [2.24, 2.45) is 0 Å². The zero-order valence-corrected chi connectivity index (χ0v) is 10.7. The van der Waals surface area contributed by atoms with Crippen LogP contribution in [0.5, 0.6) is 11.5 Å². The van der Waals surface area contributed by atoms with Gasteiger partial charge in [0, 0.05) is 4.47 Å². The molecule has 0 bridgehead atoms. The van der Waals surface area contributed by atoms with Crippen LogP contribution in [0.1, 0.15) is 10.4 Å². The summed E-state index contributed by atoms with van der Waals surface area (Å²) >= 11 is 3.05. The molecule has 0 saturated carbocycles. The molecule has 2 N–H and O–H groups in total. The van der Waals surface area contributed by atoms with Crippen LogP contribution < -0.4 is 10.1 Å². The second-order valence-corrected chi connectivity index (χ2v) is 4.13. The highest BCUT2D eigenvalue weighted by Gasteiger charge is 2.25. The zero-order valence-electron chi connectivity index (χ0n) is 9.08. The number of benzene rings is 1. The summed E-state index contributed by atoms with van der Waals surface area (Å²) in [6.45, 7) is 0. The molecule has 0 spiro atoms. The molecular formula is C10H9BrF3NO3. The van der Waals surface area contributed by atoms with Gasteiger partial charge in [0.2, 0.25) is 6.30 Å². The molecule has 1 rings (SSSR count). The summed E-state index contributed by atoms with van der Waals surface area (Å²) in [6.07, 6.45) is -6.16. The SMILES string of the molecule is COc1cc(Br)cc(O)c1C(=O)NC(F)C(F)F. The van der Waals surface area contributed by atoms with Crippen molar-refractivity contribution in [1.29, 1.82) is 0 Å². The Morgan fingerprint density at radius 1 is 1.44 bits per heavy atom. The van der Waals surface area contributed by atoms with Crippen LogP contribution in [0.2, 0.25) is 0 Å². The average molecular weight is 328 g/mol. The first-order chi connectivity index (χ1) is 8.36. The van der Waals surface area contributed by atoms with E-state index in [0.717, 1.165) is 6.07 Å². The van der Waals surface area contributed by atoms with E-state index in [-0.39, 0.29) is 5.75 Å². The molecule has 0 aliphatic carbocycles. The Labute approximate surface area is 109 Å². The van der Waals surface area contributed by atoms with Crippen molar-refractivity contribution in [3.63, 3.8) is 0 Å². The fourth-order valence-corrected chi connectivity index (χ4v) is 1.64. The van der Waals surface area contributed by atoms with Gasteiger partial charge in [0.15, 0.2) is 0 Å². The summed E-state index contributed by atoms with van der Waals surface area (Å²) in [5.74, 6) is -1.77. The first-order valence-corrected chi connectivity index (χ1v) is 5.45. The third-order valence-corrected chi connectivity index (χ3v) is 2.44. The van der Waals surface area contributed by atoms with E-state index in [1.807, 2.05) is 0 Å². The number of nitrogens with one attached hydrogen (secondary N) is 1. The number of carbonyl (C=O) groups excluding carboxylic acids is 1. The average Bonchev–Trinajstić information content (AvgIpc) is 2.27. The van der Waals surface area contributed by atoms with Gasteiger partial charge in [-0.25, -0.2) is 13.2 Å². The highest BCUT2D eigenvalue weighted by Crippen LogP contribution is 2.32. The van der Waals surface area contributed by atoms with E-state index >= 15 is 0 Å². The first kappa shape index (κ1) is 14.6. The normalized spacial score (nSPS) is 12.3. The second kappa shape index (κ2) is 5.94. The van der Waals surface area contributed by atoms with Gasteiger partial charge in [-0.05, 0) is 12.1 Å². The molecule has 8 heteroatoms. The number of carbonyl (C=O) groups is 1. The fourth-order valence-electron chi connectivity index (χ4n) is 1.22. The molecule has 1 aromatic rings. The maximum absolute atomic E-state index is 12.7. The summed E-state index contributed by atoms with van der Waals surface area (Å²) < 4.78 is 41.8. The minimum Gasteiger partial charge on any atom is -0.507 e. The quantitative estimate of drug-likeness (QED) is 0.835.